The van der Waals surface area contributed by atoms with Crippen molar-refractivity contribution in [1.29, 1.82) is 0 Å². The maximum Gasteiger partial charge on any atom is 0.216 e. The molecule has 0 N–H and O–H groups in total. The Morgan fingerprint density at radius 1 is 0.771 bits per heavy atom. The van der Waals surface area contributed by atoms with Crippen molar-refractivity contribution in [2.75, 3.05) is 0 Å². The minimum Gasteiger partial charge on any atom is -0.486 e. The minimum absolute atomic E-state index is 0. The number of nitrogens with zero attached hydrogens (tertiary/aromatic N) is 3. The average Bonchev–Trinajstić information content (AvgIpc) is 3.46. The maximum absolute atomic E-state index is 7.65. The minimum atomic E-state index is -2.29. The second-order valence-electron chi connectivity index (χ2n) is 13.3. The molecule has 7 aromatic rings. The van der Waals surface area contributed by atoms with E-state index < -0.39 is 6.85 Å². The van der Waals surface area contributed by atoms with Crippen LogP contribution in [0.15, 0.2) is 95.7 Å². The summed E-state index contributed by atoms with van der Waals surface area (Å²) in [5.41, 5.74) is 13.2. The molecule has 4 nitrogen and oxygen atoms in total. The second kappa shape index (κ2) is 14.4. The van der Waals surface area contributed by atoms with Crippen molar-refractivity contribution in [3.8, 4) is 22.5 Å². The Labute approximate surface area is 302 Å². The Bertz CT molecular complexity index is 2300. The van der Waals surface area contributed by atoms with Crippen LogP contribution < -0.4 is 0 Å². The van der Waals surface area contributed by atoms with E-state index in [1.165, 1.54) is 39.4 Å². The van der Waals surface area contributed by atoms with E-state index in [0.717, 1.165) is 45.3 Å². The van der Waals surface area contributed by atoms with Crippen LogP contribution in [-0.2, 0) is 31.9 Å². The van der Waals surface area contributed by atoms with Crippen LogP contribution in [0, 0.1) is 46.7 Å². The molecule has 0 saturated carbocycles. The predicted molar refractivity (Wildman–Crippen MR) is 194 cm³/mol. The van der Waals surface area contributed by atoms with E-state index in [1.54, 1.807) is 6.07 Å². The predicted octanol–water partition coefficient (Wildman–Crippen LogP) is 10.8. The van der Waals surface area contributed by atoms with Crippen molar-refractivity contribution in [2.24, 2.45) is 0 Å². The molecule has 0 unspecified atom stereocenters. The fourth-order valence-electron chi connectivity index (χ4n) is 5.48. The molecule has 48 heavy (non-hydrogen) atoms. The van der Waals surface area contributed by atoms with Crippen LogP contribution in [0.3, 0.4) is 0 Å². The van der Waals surface area contributed by atoms with E-state index in [4.69, 9.17) is 8.53 Å². The first-order valence-electron chi connectivity index (χ1n) is 17.4. The van der Waals surface area contributed by atoms with Gasteiger partial charge in [0.15, 0.2) is 0 Å². The van der Waals surface area contributed by atoms with Gasteiger partial charge in [-0.05, 0) is 90.8 Å². The molecule has 0 amide bonds. The molecule has 0 aliphatic heterocycles. The van der Waals surface area contributed by atoms with Crippen LogP contribution in [-0.4, -0.2) is 15.0 Å². The number of hydrogen-bond acceptors (Lipinski definition) is 4. The first-order valence-corrected chi connectivity index (χ1v) is 15.9. The molecular weight excluding hydrogens is 767 g/mol. The first-order chi connectivity index (χ1) is 23.7. The maximum atomic E-state index is 7.65. The Morgan fingerprint density at radius 3 is 2.21 bits per heavy atom. The molecule has 0 aliphatic carbocycles. The van der Waals surface area contributed by atoms with Gasteiger partial charge >= 0.3 is 0 Å². The number of rotatable bonds is 4. The van der Waals surface area contributed by atoms with E-state index in [0.29, 0.717) is 11.3 Å². The summed E-state index contributed by atoms with van der Waals surface area (Å²) < 4.78 is 29.0. The van der Waals surface area contributed by atoms with Gasteiger partial charge in [-0.3, -0.25) is 0 Å². The quantitative estimate of drug-likeness (QED) is 0.166. The Kier molecular flexibility index (Phi) is 9.23. The van der Waals surface area contributed by atoms with Crippen LogP contribution in [0.5, 0.6) is 0 Å². The fraction of sp³-hybridized carbons (Fsp3) is 0.233. The third-order valence-electron chi connectivity index (χ3n) is 8.60. The molecule has 3 aromatic carbocycles. The largest absolute Gasteiger partial charge is 0.486 e. The van der Waals surface area contributed by atoms with E-state index in [-0.39, 0.29) is 31.2 Å². The Morgan fingerprint density at radius 2 is 1.52 bits per heavy atom. The average molecular weight is 811 g/mol. The number of aryl methyl sites for hydroxylation is 5. The van der Waals surface area contributed by atoms with Crippen molar-refractivity contribution in [2.45, 2.75) is 67.2 Å². The molecule has 5 heteroatoms. The van der Waals surface area contributed by atoms with Crippen molar-refractivity contribution >= 4 is 22.1 Å². The topological polar surface area (TPSA) is 51.8 Å². The molecule has 0 bridgehead atoms. The molecule has 0 spiro atoms. The third-order valence-corrected chi connectivity index (χ3v) is 8.60. The van der Waals surface area contributed by atoms with Crippen LogP contribution >= 0.6 is 0 Å². The Balaban J connectivity index is 0.000000264. The zero-order chi connectivity index (χ0) is 35.8. The molecule has 7 rings (SSSR count). The SMILES string of the molecule is Cc1c[c-]c(-c2cc(C)c(C)cn2)cc1.[2H]C([2H])([2H])c1ccc2c(n1)oc1c(-c3cc(Cc4ccc(C(C)(C)C)cc4)c(C)cn3)[c-]ccc12.[Ir]. The van der Waals surface area contributed by atoms with Gasteiger partial charge < -0.3 is 14.4 Å². The summed E-state index contributed by atoms with van der Waals surface area (Å²) in [4.78, 5) is 13.3. The van der Waals surface area contributed by atoms with E-state index in [1.807, 2.05) is 30.6 Å². The van der Waals surface area contributed by atoms with Gasteiger partial charge in [-0.25, -0.2) is 4.98 Å². The molecule has 0 atom stereocenters. The summed E-state index contributed by atoms with van der Waals surface area (Å²) >= 11 is 0. The summed E-state index contributed by atoms with van der Waals surface area (Å²) in [5.74, 6) is 0. The number of furan rings is 1. The van der Waals surface area contributed by atoms with Gasteiger partial charge in [0.25, 0.3) is 0 Å². The van der Waals surface area contributed by atoms with Gasteiger partial charge in [-0.15, -0.1) is 53.6 Å². The van der Waals surface area contributed by atoms with E-state index >= 15 is 0 Å². The fourth-order valence-corrected chi connectivity index (χ4v) is 5.48. The number of benzene rings is 3. The van der Waals surface area contributed by atoms with Gasteiger partial charge in [-0.2, -0.15) is 0 Å². The molecule has 4 heterocycles. The van der Waals surface area contributed by atoms with E-state index in [9.17, 15) is 0 Å². The number of hydrogen-bond donors (Lipinski definition) is 0. The molecule has 4 aromatic heterocycles. The Hall–Kier alpha value is -4.44. The summed E-state index contributed by atoms with van der Waals surface area (Å²) in [6.07, 6.45) is 4.60. The molecule has 1 radical (unpaired) electrons. The van der Waals surface area contributed by atoms with Crippen LogP contribution in [0.25, 0.3) is 44.6 Å². The standard InChI is InChI=1S/C29H27N2O.C14H14N.Ir/c1-18-17-30-26(16-21(18)15-20-10-12-22(13-11-20)29(3,4)5)25-8-6-7-23-24-14-9-19(2)31-28(24)32-27(23)25;1-10-4-6-13(7-5-10)14-8-11(2)12(3)9-15-14;/h6-7,9-14,16-17H,15H2,1-5H3;4-6,8-9H,1-3H3;/q2*-1;/i2D3;;. The van der Waals surface area contributed by atoms with Gasteiger partial charge in [0, 0.05) is 47.7 Å². The van der Waals surface area contributed by atoms with Crippen LogP contribution in [0.4, 0.5) is 0 Å². The van der Waals surface area contributed by atoms with Crippen molar-refractivity contribution < 1.29 is 28.6 Å². The zero-order valence-electron chi connectivity index (χ0n) is 31.5. The number of pyridine rings is 3. The number of fused-ring (bicyclic) bond motifs is 3. The van der Waals surface area contributed by atoms with Gasteiger partial charge in [0.1, 0.15) is 0 Å². The van der Waals surface area contributed by atoms with Gasteiger partial charge in [-0.1, -0.05) is 80.6 Å². The van der Waals surface area contributed by atoms with Crippen molar-refractivity contribution in [3.05, 3.63) is 148 Å². The molecule has 0 fully saturated rings. The summed E-state index contributed by atoms with van der Waals surface area (Å²) in [7, 11) is 0. The molecule has 245 valence electrons. The van der Waals surface area contributed by atoms with Gasteiger partial charge in [0.2, 0.25) is 5.71 Å². The summed E-state index contributed by atoms with van der Waals surface area (Å²) in [6, 6.07) is 32.7. The summed E-state index contributed by atoms with van der Waals surface area (Å²) in [5, 5.41) is 1.63. The molecule has 0 saturated heterocycles. The molecule has 0 aliphatic rings. The van der Waals surface area contributed by atoms with Crippen molar-refractivity contribution in [3.63, 3.8) is 0 Å². The monoisotopic (exact) mass is 811 g/mol. The molecular formula is C43H41IrN3O-2. The normalized spacial score (nSPS) is 12.4. The third kappa shape index (κ3) is 7.65. The zero-order valence-corrected chi connectivity index (χ0v) is 30.8. The first kappa shape index (κ1) is 30.9. The van der Waals surface area contributed by atoms with E-state index in [2.05, 4.69) is 124 Å². The van der Waals surface area contributed by atoms with Crippen LogP contribution in [0.1, 0.15) is 69.5 Å². The van der Waals surface area contributed by atoms with Crippen LogP contribution in [0.2, 0.25) is 0 Å². The summed E-state index contributed by atoms with van der Waals surface area (Å²) in [6.45, 7) is 12.7. The second-order valence-corrected chi connectivity index (χ2v) is 13.3. The van der Waals surface area contributed by atoms with Crippen molar-refractivity contribution in [1.82, 2.24) is 15.0 Å². The smallest absolute Gasteiger partial charge is 0.216 e. The van der Waals surface area contributed by atoms with Gasteiger partial charge in [0.05, 0.1) is 5.58 Å². The number of aromatic nitrogens is 3.